The summed E-state index contributed by atoms with van der Waals surface area (Å²) in [6.45, 7) is 7.11. The van der Waals surface area contributed by atoms with Crippen LogP contribution < -0.4 is 21.7 Å². The first-order chi connectivity index (χ1) is 18.5. The minimum Gasteiger partial charge on any atom is -0.444 e. The Labute approximate surface area is 245 Å². The third kappa shape index (κ3) is 5.76. The molecule has 1 spiro atoms. The zero-order chi connectivity index (χ0) is 27.9. The molecule has 1 fully saturated rings. The van der Waals surface area contributed by atoms with Crippen molar-refractivity contribution in [2.24, 2.45) is 5.41 Å². The van der Waals surface area contributed by atoms with Crippen molar-refractivity contribution in [2.75, 3.05) is 29.5 Å². The molecule has 1 aromatic carbocycles. The van der Waals surface area contributed by atoms with Crippen LogP contribution in [-0.4, -0.2) is 39.7 Å². The minimum absolute atomic E-state index is 0.115. The first-order valence-corrected chi connectivity index (χ1v) is 14.7. The molecule has 1 saturated heterocycles. The molecule has 0 unspecified atom stereocenters. The van der Waals surface area contributed by atoms with Gasteiger partial charge in [0.2, 0.25) is 0 Å². The molecule has 0 bridgehead atoms. The maximum atomic E-state index is 12.8. The summed E-state index contributed by atoms with van der Waals surface area (Å²) in [6.07, 6.45) is 3.82. The van der Waals surface area contributed by atoms with Crippen LogP contribution in [0.3, 0.4) is 0 Å². The van der Waals surface area contributed by atoms with Crippen molar-refractivity contribution in [1.29, 1.82) is 0 Å². The van der Waals surface area contributed by atoms with Crippen molar-refractivity contribution >= 4 is 62.8 Å². The van der Waals surface area contributed by atoms with Gasteiger partial charge in [-0.25, -0.2) is 19.7 Å². The number of rotatable bonds is 4. The van der Waals surface area contributed by atoms with Gasteiger partial charge in [0, 0.05) is 29.6 Å². The molecule has 206 valence electrons. The molecular weight excluding hydrogens is 602 g/mol. The van der Waals surface area contributed by atoms with Gasteiger partial charge in [0.05, 0.1) is 11.1 Å². The lowest BCUT2D eigenvalue weighted by Gasteiger charge is -2.44. The van der Waals surface area contributed by atoms with Gasteiger partial charge in [0.1, 0.15) is 21.0 Å². The Morgan fingerprint density at radius 1 is 1.18 bits per heavy atom. The molecule has 5 rings (SSSR count). The quantitative estimate of drug-likeness (QED) is 0.316. The Hall–Kier alpha value is -2.76. The third-order valence-electron chi connectivity index (χ3n) is 7.16. The van der Waals surface area contributed by atoms with Crippen molar-refractivity contribution in [3.8, 4) is 0 Å². The van der Waals surface area contributed by atoms with Crippen molar-refractivity contribution < 1.29 is 9.53 Å². The highest BCUT2D eigenvalue weighted by Gasteiger charge is 2.49. The summed E-state index contributed by atoms with van der Waals surface area (Å²) in [4.78, 5) is 29.1. The van der Waals surface area contributed by atoms with Crippen molar-refractivity contribution in [2.45, 2.75) is 61.6 Å². The highest BCUT2D eigenvalue weighted by atomic mass is 79.9. The number of aromatic nitrogens is 3. The number of carbonyl (C=O) groups excluding carboxylic acids is 1. The zero-order valence-corrected chi connectivity index (χ0v) is 25.2. The van der Waals surface area contributed by atoms with Crippen molar-refractivity contribution in [3.05, 3.63) is 57.3 Å². The number of nitrogens with zero attached hydrogens (tertiary/aromatic N) is 4. The predicted octanol–water partition coefficient (Wildman–Crippen LogP) is 6.01. The number of hydrogen-bond acceptors (Lipinski definition) is 9. The van der Waals surface area contributed by atoms with Crippen LogP contribution in [0.4, 0.5) is 22.2 Å². The molecule has 1 aliphatic heterocycles. The van der Waals surface area contributed by atoms with Gasteiger partial charge in [-0.3, -0.25) is 0 Å². The Morgan fingerprint density at radius 2 is 1.90 bits per heavy atom. The maximum Gasteiger partial charge on any atom is 0.408 e. The molecule has 0 radical (unpaired) electrons. The lowest BCUT2D eigenvalue weighted by atomic mass is 9.72. The third-order valence-corrected chi connectivity index (χ3v) is 9.25. The topological polar surface area (TPSA) is 132 Å². The molecule has 9 nitrogen and oxygen atoms in total. The number of halogens is 2. The summed E-state index contributed by atoms with van der Waals surface area (Å²) in [5.41, 5.74) is 13.9. The summed E-state index contributed by atoms with van der Waals surface area (Å²) in [7, 11) is 0. The Kier molecular flexibility index (Phi) is 7.60. The van der Waals surface area contributed by atoms with Gasteiger partial charge in [-0.2, -0.15) is 0 Å². The van der Waals surface area contributed by atoms with Gasteiger partial charge < -0.3 is 26.4 Å². The van der Waals surface area contributed by atoms with E-state index in [-0.39, 0.29) is 17.3 Å². The van der Waals surface area contributed by atoms with Gasteiger partial charge in [-0.1, -0.05) is 47.6 Å². The molecule has 3 aromatic rings. The number of amides is 1. The number of anilines is 3. The maximum absolute atomic E-state index is 12.8. The van der Waals surface area contributed by atoms with Crippen LogP contribution in [0, 0.1) is 5.41 Å². The largest absolute Gasteiger partial charge is 0.444 e. The van der Waals surface area contributed by atoms with E-state index in [1.807, 2.05) is 26.8 Å². The number of carbonyl (C=O) groups is 1. The molecule has 1 amide bonds. The van der Waals surface area contributed by atoms with Gasteiger partial charge in [0.15, 0.2) is 11.6 Å². The first-order valence-electron chi connectivity index (χ1n) is 12.7. The number of pyridine rings is 1. The van der Waals surface area contributed by atoms with Gasteiger partial charge in [0.25, 0.3) is 0 Å². The SMILES string of the molecule is CC(C)(C)OC(=O)N[C@@H]1c2ccccc2CC12CCN(c1nc(N)c(Sc3ccnc(N)c3Cl)nc1Br)CC2. The molecule has 1 aliphatic carbocycles. The number of hydrogen-bond donors (Lipinski definition) is 3. The Balaban J connectivity index is 1.34. The fourth-order valence-corrected chi connectivity index (χ4v) is 7.06. The van der Waals surface area contributed by atoms with E-state index < -0.39 is 11.7 Å². The lowest BCUT2D eigenvalue weighted by Crippen LogP contribution is -2.48. The summed E-state index contributed by atoms with van der Waals surface area (Å²) in [6, 6.07) is 9.99. The second-order valence-electron chi connectivity index (χ2n) is 10.9. The summed E-state index contributed by atoms with van der Waals surface area (Å²) in [5.74, 6) is 1.25. The summed E-state index contributed by atoms with van der Waals surface area (Å²) < 4.78 is 6.22. The van der Waals surface area contributed by atoms with Gasteiger partial charge in [-0.15, -0.1) is 0 Å². The van der Waals surface area contributed by atoms with Crippen LogP contribution in [0.15, 0.2) is 51.1 Å². The van der Waals surface area contributed by atoms with E-state index in [0.29, 0.717) is 31.2 Å². The summed E-state index contributed by atoms with van der Waals surface area (Å²) >= 11 is 11.2. The number of nitrogens with one attached hydrogen (secondary N) is 1. The number of piperidine rings is 1. The minimum atomic E-state index is -0.566. The van der Waals surface area contributed by atoms with Crippen LogP contribution in [0.2, 0.25) is 5.02 Å². The number of benzene rings is 1. The van der Waals surface area contributed by atoms with E-state index in [1.165, 1.54) is 22.9 Å². The lowest BCUT2D eigenvalue weighted by molar-refractivity contribution is 0.0428. The number of nitrogen functional groups attached to an aromatic ring is 2. The second kappa shape index (κ2) is 10.7. The first kappa shape index (κ1) is 27.8. The molecule has 5 N–H and O–H groups in total. The number of ether oxygens (including phenoxy) is 1. The Morgan fingerprint density at radius 3 is 2.62 bits per heavy atom. The van der Waals surface area contributed by atoms with Gasteiger partial charge >= 0.3 is 6.09 Å². The standard InChI is InChI=1S/C27H31BrClN7O2S/c1-26(2,3)38-25(37)33-19-16-7-5-4-6-15(16)14-27(19)9-12-36(13-10-27)23-20(28)34-24(22(31)35-23)39-17-8-11-32-21(30)18(17)29/h4-8,11,19H,9-10,12-14H2,1-3H3,(H2,30,32)(H2,31,35)(H,33,37)/t19-/m1/s1. The highest BCUT2D eigenvalue weighted by Crippen LogP contribution is 2.52. The van der Waals surface area contributed by atoms with Crippen LogP contribution in [-0.2, 0) is 11.2 Å². The molecular formula is C27H31BrClN7O2S. The van der Waals surface area contributed by atoms with E-state index in [1.54, 1.807) is 12.3 Å². The molecule has 12 heteroatoms. The van der Waals surface area contributed by atoms with Crippen LogP contribution >= 0.6 is 39.3 Å². The van der Waals surface area contributed by atoms with E-state index >= 15 is 0 Å². The monoisotopic (exact) mass is 631 g/mol. The fraction of sp³-hybridized carbons (Fsp3) is 0.407. The molecule has 0 saturated carbocycles. The van der Waals surface area contributed by atoms with Crippen molar-refractivity contribution in [3.63, 3.8) is 0 Å². The fourth-order valence-electron chi connectivity index (χ4n) is 5.38. The van der Waals surface area contributed by atoms with E-state index in [4.69, 9.17) is 32.8 Å². The van der Waals surface area contributed by atoms with E-state index in [0.717, 1.165) is 32.4 Å². The van der Waals surface area contributed by atoms with Crippen molar-refractivity contribution in [1.82, 2.24) is 20.3 Å². The molecule has 39 heavy (non-hydrogen) atoms. The smallest absolute Gasteiger partial charge is 0.408 e. The van der Waals surface area contributed by atoms with Crippen LogP contribution in [0.25, 0.3) is 0 Å². The summed E-state index contributed by atoms with van der Waals surface area (Å²) in [5, 5.41) is 4.09. The molecule has 1 atom stereocenters. The number of alkyl carbamates (subject to hydrolysis) is 1. The highest BCUT2D eigenvalue weighted by molar-refractivity contribution is 9.10. The van der Waals surface area contributed by atoms with E-state index in [2.05, 4.69) is 54.3 Å². The number of nitrogens with two attached hydrogens (primary N) is 2. The second-order valence-corrected chi connectivity index (χ2v) is 13.1. The average molecular weight is 633 g/mol. The number of fused-ring (bicyclic) bond motifs is 1. The predicted molar refractivity (Wildman–Crippen MR) is 158 cm³/mol. The molecule has 2 aromatic heterocycles. The van der Waals surface area contributed by atoms with Crippen LogP contribution in [0.1, 0.15) is 50.8 Å². The molecule has 2 aliphatic rings. The van der Waals surface area contributed by atoms with Crippen LogP contribution in [0.5, 0.6) is 0 Å². The molecule has 3 heterocycles. The van der Waals surface area contributed by atoms with E-state index in [9.17, 15) is 4.79 Å². The normalized spacial score (nSPS) is 18.2. The van der Waals surface area contributed by atoms with Gasteiger partial charge in [-0.05, 0) is 73.2 Å². The zero-order valence-electron chi connectivity index (χ0n) is 22.0. The average Bonchev–Trinajstić information content (AvgIpc) is 3.16. The Bertz CT molecular complexity index is 1410.